The fraction of sp³-hybridized carbons (Fsp3) is 0.267. The zero-order valence-electron chi connectivity index (χ0n) is 12.9. The lowest BCUT2D eigenvalue weighted by molar-refractivity contribution is -0.149. The van der Waals surface area contributed by atoms with E-state index in [0.29, 0.717) is 10.9 Å². The van der Waals surface area contributed by atoms with Crippen LogP contribution in [0.2, 0.25) is 0 Å². The van der Waals surface area contributed by atoms with Gasteiger partial charge < -0.3 is 9.47 Å². The minimum absolute atomic E-state index is 0.108. The number of nitrogens with one attached hydrogen (secondary N) is 1. The molecule has 1 N–H and O–H groups in total. The molecule has 24 heavy (non-hydrogen) atoms. The molecular weight excluding hydrogens is 318 g/mol. The highest BCUT2D eigenvalue weighted by Crippen LogP contribution is 2.04. The van der Waals surface area contributed by atoms with Gasteiger partial charge >= 0.3 is 12.1 Å². The minimum Gasteiger partial charge on any atom is -0.454 e. The molecule has 0 unspecified atom stereocenters. The van der Waals surface area contributed by atoms with Crippen LogP contribution in [0.1, 0.15) is 6.92 Å². The molecule has 0 fully saturated rings. The van der Waals surface area contributed by atoms with Crippen molar-refractivity contribution >= 4 is 28.9 Å². The van der Waals surface area contributed by atoms with E-state index in [1.165, 1.54) is 6.33 Å². The number of para-hydroxylation sites is 1. The average molecular weight is 333 g/mol. The van der Waals surface area contributed by atoms with Gasteiger partial charge in [0.05, 0.1) is 23.8 Å². The summed E-state index contributed by atoms with van der Waals surface area (Å²) < 4.78 is 10.3. The third-order valence-corrected chi connectivity index (χ3v) is 2.91. The summed E-state index contributed by atoms with van der Waals surface area (Å²) in [5, 5.41) is 2.25. The zero-order valence-corrected chi connectivity index (χ0v) is 12.9. The second-order valence-electron chi connectivity index (χ2n) is 4.62. The van der Waals surface area contributed by atoms with Crippen molar-refractivity contribution in [3.63, 3.8) is 0 Å². The summed E-state index contributed by atoms with van der Waals surface area (Å²) in [6, 6.07) is 6.71. The quantitative estimate of drug-likeness (QED) is 0.777. The number of benzene rings is 1. The van der Waals surface area contributed by atoms with Crippen molar-refractivity contribution < 1.29 is 23.9 Å². The third-order valence-electron chi connectivity index (χ3n) is 2.91. The van der Waals surface area contributed by atoms with Gasteiger partial charge in [0.15, 0.2) is 6.61 Å². The number of nitrogens with zero attached hydrogens (tertiary/aromatic N) is 2. The standard InChI is InChI=1S/C15H15N3O6/c1-2-23-15(22)17-12(19)8-24-13(20)7-18-9-16-11-6-4-3-5-10(11)14(18)21/h3-6,9H,2,7-8H2,1H3,(H,17,19,22). The molecule has 0 aliphatic rings. The van der Waals surface area contributed by atoms with Crippen molar-refractivity contribution in [3.05, 3.63) is 40.9 Å². The van der Waals surface area contributed by atoms with Gasteiger partial charge in [-0.25, -0.2) is 9.78 Å². The van der Waals surface area contributed by atoms with Crippen molar-refractivity contribution in [2.45, 2.75) is 13.5 Å². The number of hydrogen-bond acceptors (Lipinski definition) is 7. The monoisotopic (exact) mass is 333 g/mol. The van der Waals surface area contributed by atoms with Crippen LogP contribution in [-0.4, -0.2) is 40.7 Å². The molecule has 1 heterocycles. The fourth-order valence-corrected chi connectivity index (χ4v) is 1.87. The zero-order chi connectivity index (χ0) is 17.5. The molecule has 0 spiro atoms. The van der Waals surface area contributed by atoms with E-state index in [2.05, 4.69) is 9.72 Å². The normalized spacial score (nSPS) is 10.2. The van der Waals surface area contributed by atoms with E-state index in [0.717, 1.165) is 4.57 Å². The van der Waals surface area contributed by atoms with Crippen LogP contribution in [0.25, 0.3) is 10.9 Å². The maximum atomic E-state index is 12.2. The Bertz CT molecular complexity index is 829. The van der Waals surface area contributed by atoms with Crippen LogP contribution < -0.4 is 10.9 Å². The van der Waals surface area contributed by atoms with Gasteiger partial charge in [-0.1, -0.05) is 12.1 Å². The van der Waals surface area contributed by atoms with Gasteiger partial charge in [0.25, 0.3) is 11.5 Å². The summed E-state index contributed by atoms with van der Waals surface area (Å²) in [5.41, 5.74) is 0.120. The summed E-state index contributed by atoms with van der Waals surface area (Å²) in [6.45, 7) is 0.632. The third kappa shape index (κ3) is 4.38. The Hall–Kier alpha value is -3.23. The summed E-state index contributed by atoms with van der Waals surface area (Å²) >= 11 is 0. The number of alkyl carbamates (subject to hydrolysis) is 1. The van der Waals surface area contributed by atoms with Crippen LogP contribution in [-0.2, 0) is 25.6 Å². The second-order valence-corrected chi connectivity index (χ2v) is 4.62. The van der Waals surface area contributed by atoms with E-state index in [1.54, 1.807) is 31.2 Å². The molecule has 2 amide bonds. The molecule has 0 bridgehead atoms. The first kappa shape index (κ1) is 17.1. The van der Waals surface area contributed by atoms with Crippen molar-refractivity contribution in [2.24, 2.45) is 0 Å². The maximum absolute atomic E-state index is 12.2. The van der Waals surface area contributed by atoms with Crippen molar-refractivity contribution in [3.8, 4) is 0 Å². The number of carbonyl (C=O) groups is 3. The number of hydrogen-bond donors (Lipinski definition) is 1. The smallest absolute Gasteiger partial charge is 0.413 e. The van der Waals surface area contributed by atoms with Gasteiger partial charge in [-0.2, -0.15) is 0 Å². The number of imide groups is 1. The van der Waals surface area contributed by atoms with E-state index in [4.69, 9.17) is 4.74 Å². The van der Waals surface area contributed by atoms with Crippen molar-refractivity contribution in [2.75, 3.05) is 13.2 Å². The molecule has 1 aromatic carbocycles. The lowest BCUT2D eigenvalue weighted by Crippen LogP contribution is -2.35. The molecule has 2 aromatic rings. The van der Waals surface area contributed by atoms with E-state index in [-0.39, 0.29) is 6.61 Å². The SMILES string of the molecule is CCOC(=O)NC(=O)COC(=O)Cn1cnc2ccccc2c1=O. The molecule has 0 saturated heterocycles. The Balaban J connectivity index is 1.93. The lowest BCUT2D eigenvalue weighted by atomic mass is 10.2. The van der Waals surface area contributed by atoms with Crippen LogP contribution >= 0.6 is 0 Å². The first-order chi connectivity index (χ1) is 11.5. The molecule has 9 nitrogen and oxygen atoms in total. The number of aromatic nitrogens is 2. The number of fused-ring (bicyclic) bond motifs is 1. The Morgan fingerprint density at radius 2 is 1.96 bits per heavy atom. The van der Waals surface area contributed by atoms with Gasteiger partial charge in [0, 0.05) is 0 Å². The minimum atomic E-state index is -0.923. The predicted octanol–water partition coefficient (Wildman–Crippen LogP) is 0.212. The van der Waals surface area contributed by atoms with Gasteiger partial charge in [0.2, 0.25) is 0 Å². The second kappa shape index (κ2) is 7.86. The highest BCUT2D eigenvalue weighted by molar-refractivity contribution is 5.93. The summed E-state index contributed by atoms with van der Waals surface area (Å²) in [4.78, 5) is 50.3. The highest BCUT2D eigenvalue weighted by Gasteiger charge is 2.13. The van der Waals surface area contributed by atoms with Gasteiger partial charge in [0.1, 0.15) is 6.54 Å². The average Bonchev–Trinajstić information content (AvgIpc) is 2.56. The maximum Gasteiger partial charge on any atom is 0.413 e. The number of amides is 2. The lowest BCUT2D eigenvalue weighted by Gasteiger charge is -2.07. The number of esters is 1. The van der Waals surface area contributed by atoms with Gasteiger partial charge in [-0.3, -0.25) is 24.3 Å². The molecular formula is C15H15N3O6. The Morgan fingerprint density at radius 3 is 2.71 bits per heavy atom. The first-order valence-electron chi connectivity index (χ1n) is 7.07. The predicted molar refractivity (Wildman–Crippen MR) is 82.1 cm³/mol. The molecule has 9 heteroatoms. The topological polar surface area (TPSA) is 117 Å². The summed E-state index contributed by atoms with van der Waals surface area (Å²) in [5.74, 6) is -1.64. The Labute approximate surface area is 136 Å². The van der Waals surface area contributed by atoms with Crippen LogP contribution in [0, 0.1) is 0 Å². The van der Waals surface area contributed by atoms with Gasteiger partial charge in [-0.05, 0) is 19.1 Å². The number of carbonyl (C=O) groups excluding carboxylic acids is 3. The highest BCUT2D eigenvalue weighted by atomic mass is 16.6. The van der Waals surface area contributed by atoms with E-state index in [1.807, 2.05) is 5.32 Å². The summed E-state index contributed by atoms with van der Waals surface area (Å²) in [6.07, 6.45) is 0.304. The molecule has 2 rings (SSSR count). The van der Waals surface area contributed by atoms with Crippen LogP contribution in [0.5, 0.6) is 0 Å². The van der Waals surface area contributed by atoms with E-state index >= 15 is 0 Å². The van der Waals surface area contributed by atoms with Crippen molar-refractivity contribution in [1.82, 2.24) is 14.9 Å². The van der Waals surface area contributed by atoms with Crippen LogP contribution in [0.3, 0.4) is 0 Å². The van der Waals surface area contributed by atoms with E-state index in [9.17, 15) is 19.2 Å². The fourth-order valence-electron chi connectivity index (χ4n) is 1.87. The molecule has 1 aromatic heterocycles. The molecule has 0 atom stereocenters. The molecule has 0 saturated carbocycles. The number of ether oxygens (including phenoxy) is 2. The largest absolute Gasteiger partial charge is 0.454 e. The van der Waals surface area contributed by atoms with Crippen LogP contribution in [0.15, 0.2) is 35.4 Å². The number of rotatable bonds is 5. The molecule has 0 aliphatic heterocycles. The Kier molecular flexibility index (Phi) is 5.61. The molecule has 0 aliphatic carbocycles. The van der Waals surface area contributed by atoms with Gasteiger partial charge in [-0.15, -0.1) is 0 Å². The van der Waals surface area contributed by atoms with Crippen LogP contribution in [0.4, 0.5) is 4.79 Å². The van der Waals surface area contributed by atoms with Crippen molar-refractivity contribution in [1.29, 1.82) is 0 Å². The Morgan fingerprint density at radius 1 is 1.21 bits per heavy atom. The molecule has 126 valence electrons. The van der Waals surface area contributed by atoms with E-state index < -0.39 is 36.7 Å². The summed E-state index contributed by atoms with van der Waals surface area (Å²) in [7, 11) is 0. The first-order valence-corrected chi connectivity index (χ1v) is 7.07. The molecule has 0 radical (unpaired) electrons.